The predicted molar refractivity (Wildman–Crippen MR) is 65.8 cm³/mol. The fourth-order valence-electron chi connectivity index (χ4n) is 2.04. The van der Waals surface area contributed by atoms with Crippen LogP contribution in [-0.4, -0.2) is 13.2 Å². The van der Waals surface area contributed by atoms with Crippen LogP contribution in [0.15, 0.2) is 36.4 Å². The molecule has 0 fully saturated rings. The molecule has 18 heavy (non-hydrogen) atoms. The van der Waals surface area contributed by atoms with E-state index in [1.165, 1.54) is 12.1 Å². The molecule has 1 N–H and O–H groups in total. The zero-order valence-corrected chi connectivity index (χ0v) is 9.54. The molecule has 0 bridgehead atoms. The van der Waals surface area contributed by atoms with E-state index in [0.717, 1.165) is 29.6 Å². The summed E-state index contributed by atoms with van der Waals surface area (Å²) < 4.78 is 31.8. The van der Waals surface area contributed by atoms with E-state index in [0.29, 0.717) is 12.2 Å². The van der Waals surface area contributed by atoms with E-state index in [4.69, 9.17) is 4.74 Å². The van der Waals surface area contributed by atoms with Gasteiger partial charge in [-0.2, -0.15) is 0 Å². The average molecular weight is 247 g/mol. The topological polar surface area (TPSA) is 21.3 Å². The van der Waals surface area contributed by atoms with Crippen molar-refractivity contribution >= 4 is 5.69 Å². The monoisotopic (exact) mass is 247 g/mol. The second kappa shape index (κ2) is 4.29. The normalized spacial score (nSPS) is 13.4. The zero-order valence-electron chi connectivity index (χ0n) is 9.54. The Bertz CT molecular complexity index is 578. The van der Waals surface area contributed by atoms with Crippen LogP contribution in [0.2, 0.25) is 0 Å². The van der Waals surface area contributed by atoms with Crippen molar-refractivity contribution in [2.24, 2.45) is 0 Å². The number of hydrogen-bond acceptors (Lipinski definition) is 2. The smallest absolute Gasteiger partial charge is 0.142 e. The highest BCUT2D eigenvalue weighted by Crippen LogP contribution is 2.32. The first-order valence-corrected chi connectivity index (χ1v) is 5.69. The molecule has 1 heterocycles. The van der Waals surface area contributed by atoms with Crippen molar-refractivity contribution in [3.63, 3.8) is 0 Å². The van der Waals surface area contributed by atoms with Gasteiger partial charge in [0.2, 0.25) is 0 Å². The highest BCUT2D eigenvalue weighted by atomic mass is 19.1. The highest BCUT2D eigenvalue weighted by Gasteiger charge is 2.11. The molecule has 4 heteroatoms. The Hall–Kier alpha value is -2.10. The molecule has 0 saturated carbocycles. The lowest BCUT2D eigenvalue weighted by Gasteiger charge is -2.19. The van der Waals surface area contributed by atoms with Crippen molar-refractivity contribution in [1.82, 2.24) is 0 Å². The number of halogens is 2. The van der Waals surface area contributed by atoms with Crippen molar-refractivity contribution in [2.75, 3.05) is 18.5 Å². The van der Waals surface area contributed by atoms with Gasteiger partial charge in [0, 0.05) is 12.6 Å². The summed E-state index contributed by atoms with van der Waals surface area (Å²) in [5.74, 6) is -0.388. The Morgan fingerprint density at radius 3 is 2.50 bits per heavy atom. The van der Waals surface area contributed by atoms with Crippen molar-refractivity contribution in [1.29, 1.82) is 0 Å². The molecule has 0 aromatic heterocycles. The van der Waals surface area contributed by atoms with Crippen molar-refractivity contribution in [3.05, 3.63) is 48.0 Å². The summed E-state index contributed by atoms with van der Waals surface area (Å²) in [5.41, 5.74) is 2.12. The Morgan fingerprint density at radius 1 is 0.944 bits per heavy atom. The molecular weight excluding hydrogens is 236 g/mol. The number of fused-ring (bicyclic) bond motifs is 1. The zero-order chi connectivity index (χ0) is 12.5. The lowest BCUT2D eigenvalue weighted by atomic mass is 10.0. The van der Waals surface area contributed by atoms with Crippen LogP contribution in [0.1, 0.15) is 0 Å². The Kier molecular flexibility index (Phi) is 2.63. The standard InChI is InChI=1S/C14H11F2NO/c15-11-5-10(6-12(16)8-11)9-1-2-14-13(7-9)17-3-4-18-14/h1-2,5-8,17H,3-4H2. The largest absolute Gasteiger partial charge is 0.490 e. The van der Waals surface area contributed by atoms with E-state index >= 15 is 0 Å². The van der Waals surface area contributed by atoms with Gasteiger partial charge in [-0.1, -0.05) is 6.07 Å². The van der Waals surface area contributed by atoms with E-state index < -0.39 is 11.6 Å². The van der Waals surface area contributed by atoms with E-state index in [-0.39, 0.29) is 0 Å². The van der Waals surface area contributed by atoms with Crippen LogP contribution in [0.3, 0.4) is 0 Å². The number of hydrogen-bond donors (Lipinski definition) is 1. The summed E-state index contributed by atoms with van der Waals surface area (Å²) in [6, 6.07) is 8.93. The molecule has 1 aliphatic rings. The van der Waals surface area contributed by atoms with Crippen molar-refractivity contribution < 1.29 is 13.5 Å². The third-order valence-corrected chi connectivity index (χ3v) is 2.85. The predicted octanol–water partition coefficient (Wildman–Crippen LogP) is 3.44. The van der Waals surface area contributed by atoms with Gasteiger partial charge < -0.3 is 10.1 Å². The summed E-state index contributed by atoms with van der Waals surface area (Å²) in [4.78, 5) is 0. The number of anilines is 1. The maximum Gasteiger partial charge on any atom is 0.142 e. The molecule has 0 atom stereocenters. The molecule has 3 rings (SSSR count). The molecule has 0 unspecified atom stereocenters. The first-order valence-electron chi connectivity index (χ1n) is 5.69. The SMILES string of the molecule is Fc1cc(F)cc(-c2ccc3c(c2)NCCO3)c1. The van der Waals surface area contributed by atoms with Crippen LogP contribution in [0.4, 0.5) is 14.5 Å². The van der Waals surface area contributed by atoms with Crippen molar-refractivity contribution in [2.45, 2.75) is 0 Å². The lowest BCUT2D eigenvalue weighted by molar-refractivity contribution is 0.323. The summed E-state index contributed by atoms with van der Waals surface area (Å²) in [6.07, 6.45) is 0. The summed E-state index contributed by atoms with van der Waals surface area (Å²) in [7, 11) is 0. The Labute approximate surface area is 103 Å². The van der Waals surface area contributed by atoms with E-state index in [1.54, 1.807) is 12.1 Å². The summed E-state index contributed by atoms with van der Waals surface area (Å²) in [6.45, 7) is 1.36. The van der Waals surface area contributed by atoms with Crippen molar-refractivity contribution in [3.8, 4) is 16.9 Å². The van der Waals surface area contributed by atoms with Crippen LogP contribution < -0.4 is 10.1 Å². The molecule has 2 nitrogen and oxygen atoms in total. The third-order valence-electron chi connectivity index (χ3n) is 2.85. The number of rotatable bonds is 1. The van der Waals surface area contributed by atoms with Gasteiger partial charge in [0.1, 0.15) is 24.0 Å². The molecule has 92 valence electrons. The molecule has 0 aliphatic carbocycles. The molecular formula is C14H11F2NO. The first-order chi connectivity index (χ1) is 8.72. The summed E-state index contributed by atoms with van der Waals surface area (Å²) >= 11 is 0. The number of benzene rings is 2. The molecule has 0 radical (unpaired) electrons. The van der Waals surface area contributed by atoms with Crippen LogP contribution in [0.25, 0.3) is 11.1 Å². The van der Waals surface area contributed by atoms with Gasteiger partial charge in [-0.25, -0.2) is 8.78 Å². The van der Waals surface area contributed by atoms with Crippen LogP contribution in [-0.2, 0) is 0 Å². The van der Waals surface area contributed by atoms with Gasteiger partial charge in [0.25, 0.3) is 0 Å². The Balaban J connectivity index is 2.06. The minimum absolute atomic E-state index is 0.516. The molecule has 0 saturated heterocycles. The second-order valence-corrected chi connectivity index (χ2v) is 4.14. The third kappa shape index (κ3) is 2.01. The fraction of sp³-hybridized carbons (Fsp3) is 0.143. The minimum atomic E-state index is -0.577. The Morgan fingerprint density at radius 2 is 1.72 bits per heavy atom. The van der Waals surface area contributed by atoms with E-state index in [1.807, 2.05) is 6.07 Å². The molecule has 1 aliphatic heterocycles. The molecule has 0 spiro atoms. The van der Waals surface area contributed by atoms with Gasteiger partial charge >= 0.3 is 0 Å². The maximum absolute atomic E-state index is 13.2. The number of nitrogens with one attached hydrogen (secondary N) is 1. The van der Waals surface area contributed by atoms with Crippen LogP contribution >= 0.6 is 0 Å². The maximum atomic E-state index is 13.2. The number of ether oxygens (including phenoxy) is 1. The van der Waals surface area contributed by atoms with Gasteiger partial charge in [-0.05, 0) is 35.4 Å². The van der Waals surface area contributed by atoms with Gasteiger partial charge in [-0.3, -0.25) is 0 Å². The first kappa shape index (κ1) is 11.0. The minimum Gasteiger partial charge on any atom is -0.490 e. The fourth-order valence-corrected chi connectivity index (χ4v) is 2.04. The van der Waals surface area contributed by atoms with Crippen LogP contribution in [0.5, 0.6) is 5.75 Å². The quantitative estimate of drug-likeness (QED) is 0.833. The molecule has 0 amide bonds. The molecule has 2 aromatic rings. The lowest BCUT2D eigenvalue weighted by Crippen LogP contribution is -2.17. The summed E-state index contributed by atoms with van der Waals surface area (Å²) in [5, 5.41) is 3.19. The van der Waals surface area contributed by atoms with Gasteiger partial charge in [-0.15, -0.1) is 0 Å². The van der Waals surface area contributed by atoms with Gasteiger partial charge in [0.15, 0.2) is 0 Å². The molecule has 2 aromatic carbocycles. The highest BCUT2D eigenvalue weighted by molar-refractivity contribution is 5.72. The van der Waals surface area contributed by atoms with Gasteiger partial charge in [0.05, 0.1) is 5.69 Å². The van der Waals surface area contributed by atoms with E-state index in [2.05, 4.69) is 5.32 Å². The van der Waals surface area contributed by atoms with Crippen LogP contribution in [0, 0.1) is 11.6 Å². The second-order valence-electron chi connectivity index (χ2n) is 4.14. The average Bonchev–Trinajstić information content (AvgIpc) is 2.37. The van der Waals surface area contributed by atoms with E-state index in [9.17, 15) is 8.78 Å².